The summed E-state index contributed by atoms with van der Waals surface area (Å²) in [5, 5.41) is 19.1. The van der Waals surface area contributed by atoms with Crippen LogP contribution in [0, 0.1) is 17.8 Å². The van der Waals surface area contributed by atoms with E-state index in [0.29, 0.717) is 22.3 Å². The van der Waals surface area contributed by atoms with E-state index in [1.807, 2.05) is 6.08 Å². The van der Waals surface area contributed by atoms with Crippen molar-refractivity contribution in [2.75, 3.05) is 6.54 Å². The third-order valence-corrected chi connectivity index (χ3v) is 7.83. The number of carbonyl (C=O) groups excluding carboxylic acids is 4. The predicted octanol–water partition coefficient (Wildman–Crippen LogP) is 2.95. The zero-order valence-corrected chi connectivity index (χ0v) is 19.5. The van der Waals surface area contributed by atoms with E-state index in [0.717, 1.165) is 10.5 Å². The number of allylic oxidation sites excluding steroid dienone is 6. The minimum Gasteiger partial charge on any atom is -0.508 e. The van der Waals surface area contributed by atoms with Crippen molar-refractivity contribution in [3.05, 3.63) is 63.2 Å². The molecule has 1 heterocycles. The van der Waals surface area contributed by atoms with Crippen molar-refractivity contribution >= 4 is 41.0 Å². The van der Waals surface area contributed by atoms with Crippen molar-refractivity contribution in [2.45, 2.75) is 32.1 Å². The van der Waals surface area contributed by atoms with Crippen LogP contribution in [0.4, 0.5) is 0 Å². The molecule has 5 rings (SSSR count). The van der Waals surface area contributed by atoms with E-state index in [9.17, 15) is 29.1 Å². The lowest BCUT2D eigenvalue weighted by Crippen LogP contribution is -2.40. The topological polar surface area (TPSA) is 129 Å². The highest BCUT2D eigenvalue weighted by Gasteiger charge is 2.56. The van der Waals surface area contributed by atoms with Crippen LogP contribution in [-0.2, 0) is 24.0 Å². The second-order valence-corrected chi connectivity index (χ2v) is 9.81. The number of Topliss-reactive ketones (excluding diaryl/α,β-unsaturated/α-hetero) is 1. The highest BCUT2D eigenvalue weighted by atomic mass is 35.5. The first kappa shape index (κ1) is 23.2. The zero-order chi connectivity index (χ0) is 25.2. The number of benzene rings is 1. The van der Waals surface area contributed by atoms with Gasteiger partial charge in [-0.1, -0.05) is 29.3 Å². The summed E-state index contributed by atoms with van der Waals surface area (Å²) in [5.74, 6) is -5.20. The number of phenolic OH excluding ortho intramolecular Hbond substituents is 1. The normalized spacial score (nSPS) is 27.9. The lowest BCUT2D eigenvalue weighted by atomic mass is 9.59. The van der Waals surface area contributed by atoms with Crippen LogP contribution in [0.15, 0.2) is 52.6 Å². The minimum atomic E-state index is -1.11. The van der Waals surface area contributed by atoms with E-state index in [1.165, 1.54) is 18.2 Å². The van der Waals surface area contributed by atoms with E-state index in [2.05, 4.69) is 0 Å². The minimum absolute atomic E-state index is 0.0505. The molecule has 4 unspecified atom stereocenters. The molecule has 4 aliphatic rings. The predicted molar refractivity (Wildman–Crippen MR) is 123 cm³/mol. The third kappa shape index (κ3) is 3.55. The Labute approximate surface area is 205 Å². The lowest BCUT2D eigenvalue weighted by Gasteiger charge is -2.42. The Morgan fingerprint density at radius 2 is 1.89 bits per heavy atom. The molecular weight excluding hydrogens is 474 g/mol. The summed E-state index contributed by atoms with van der Waals surface area (Å²) in [4.78, 5) is 64.8. The van der Waals surface area contributed by atoms with Gasteiger partial charge in [-0.05, 0) is 49.5 Å². The van der Waals surface area contributed by atoms with Crippen molar-refractivity contribution in [3.63, 3.8) is 0 Å². The summed E-state index contributed by atoms with van der Waals surface area (Å²) in [6, 6.07) is 4.42. The van der Waals surface area contributed by atoms with Crippen LogP contribution in [0.1, 0.15) is 37.7 Å². The SMILES string of the molecule is CC1=CC(=O)C2=C(CC3C(=CCC4C(=O)N(CCC(=O)O)C(=O)C43)C2c2ccc(O)cc2Cl)C1=O. The van der Waals surface area contributed by atoms with Gasteiger partial charge in [0.25, 0.3) is 0 Å². The fourth-order valence-corrected chi connectivity index (χ4v) is 6.26. The van der Waals surface area contributed by atoms with Crippen LogP contribution in [0.25, 0.3) is 0 Å². The number of imide groups is 1. The van der Waals surface area contributed by atoms with Gasteiger partial charge >= 0.3 is 5.97 Å². The van der Waals surface area contributed by atoms with Gasteiger partial charge < -0.3 is 10.2 Å². The number of fused-ring (bicyclic) bond motifs is 3. The maximum Gasteiger partial charge on any atom is 0.305 e. The molecular formula is C26H22ClNO7. The number of carbonyl (C=O) groups is 5. The van der Waals surface area contributed by atoms with Gasteiger partial charge in [-0.25, -0.2) is 0 Å². The monoisotopic (exact) mass is 495 g/mol. The van der Waals surface area contributed by atoms with E-state index in [4.69, 9.17) is 16.7 Å². The molecule has 3 aliphatic carbocycles. The number of halogens is 1. The second-order valence-electron chi connectivity index (χ2n) is 9.41. The molecule has 4 atom stereocenters. The van der Waals surface area contributed by atoms with Crippen molar-refractivity contribution < 1.29 is 34.2 Å². The van der Waals surface area contributed by atoms with Crippen LogP contribution in [0.2, 0.25) is 5.02 Å². The van der Waals surface area contributed by atoms with Gasteiger partial charge in [0.15, 0.2) is 11.6 Å². The second kappa shape index (κ2) is 8.30. The number of aliphatic carboxylic acids is 1. The number of likely N-dealkylation sites (tertiary alicyclic amines) is 1. The quantitative estimate of drug-likeness (QED) is 0.373. The number of hydrogen-bond donors (Lipinski definition) is 2. The lowest BCUT2D eigenvalue weighted by molar-refractivity contribution is -0.142. The molecule has 0 saturated carbocycles. The average molecular weight is 496 g/mol. The average Bonchev–Trinajstić information content (AvgIpc) is 3.04. The number of carboxylic acids is 1. The molecule has 1 saturated heterocycles. The molecule has 2 N–H and O–H groups in total. The first-order valence-corrected chi connectivity index (χ1v) is 11.7. The number of hydrogen-bond acceptors (Lipinski definition) is 6. The Hall–Kier alpha value is -3.52. The maximum atomic E-state index is 13.4. The molecule has 0 bridgehead atoms. The van der Waals surface area contributed by atoms with Crippen molar-refractivity contribution in [2.24, 2.45) is 17.8 Å². The number of ketones is 2. The van der Waals surface area contributed by atoms with Gasteiger partial charge in [0.1, 0.15) is 5.75 Å². The smallest absolute Gasteiger partial charge is 0.305 e. The first-order valence-electron chi connectivity index (χ1n) is 11.4. The largest absolute Gasteiger partial charge is 0.508 e. The summed E-state index contributed by atoms with van der Waals surface area (Å²) in [7, 11) is 0. The molecule has 2 amide bonds. The fraction of sp³-hybridized carbons (Fsp3) is 0.346. The zero-order valence-electron chi connectivity index (χ0n) is 18.8. The van der Waals surface area contributed by atoms with E-state index >= 15 is 0 Å². The van der Waals surface area contributed by atoms with Crippen LogP contribution in [0.3, 0.4) is 0 Å². The van der Waals surface area contributed by atoms with Gasteiger partial charge in [0, 0.05) is 34.2 Å². The number of nitrogens with zero attached hydrogens (tertiary/aromatic N) is 1. The van der Waals surface area contributed by atoms with Gasteiger partial charge in [-0.15, -0.1) is 0 Å². The van der Waals surface area contributed by atoms with Crippen LogP contribution in [-0.4, -0.2) is 51.0 Å². The van der Waals surface area contributed by atoms with Crippen LogP contribution in [0.5, 0.6) is 5.75 Å². The number of aromatic hydroxyl groups is 1. The van der Waals surface area contributed by atoms with Crippen LogP contribution < -0.4 is 0 Å². The molecule has 1 aromatic carbocycles. The number of carboxylic acid groups (broad SMARTS) is 1. The molecule has 1 aromatic rings. The molecule has 35 heavy (non-hydrogen) atoms. The summed E-state index contributed by atoms with van der Waals surface area (Å²) < 4.78 is 0. The van der Waals surface area contributed by atoms with Gasteiger partial charge in [0.2, 0.25) is 11.8 Å². The molecule has 1 aliphatic heterocycles. The Morgan fingerprint density at radius 1 is 1.14 bits per heavy atom. The Balaban J connectivity index is 1.64. The molecule has 180 valence electrons. The summed E-state index contributed by atoms with van der Waals surface area (Å²) >= 11 is 6.49. The summed E-state index contributed by atoms with van der Waals surface area (Å²) in [6.07, 6.45) is 3.22. The molecule has 8 nitrogen and oxygen atoms in total. The van der Waals surface area contributed by atoms with Crippen molar-refractivity contribution in [1.82, 2.24) is 4.90 Å². The Kier molecular flexibility index (Phi) is 5.51. The number of amides is 2. The number of phenols is 1. The van der Waals surface area contributed by atoms with Gasteiger partial charge in [0.05, 0.1) is 18.3 Å². The van der Waals surface area contributed by atoms with E-state index < -0.39 is 41.5 Å². The summed E-state index contributed by atoms with van der Waals surface area (Å²) in [5.41, 5.74) is 2.21. The van der Waals surface area contributed by atoms with Crippen molar-refractivity contribution in [1.29, 1.82) is 0 Å². The molecule has 0 spiro atoms. The Morgan fingerprint density at radius 3 is 2.57 bits per heavy atom. The third-order valence-electron chi connectivity index (χ3n) is 7.50. The van der Waals surface area contributed by atoms with Crippen molar-refractivity contribution in [3.8, 4) is 5.75 Å². The number of rotatable bonds is 4. The van der Waals surface area contributed by atoms with Gasteiger partial charge in [-0.3, -0.25) is 28.9 Å². The highest BCUT2D eigenvalue weighted by Crippen LogP contribution is 2.55. The van der Waals surface area contributed by atoms with E-state index in [1.54, 1.807) is 13.0 Å². The maximum absolute atomic E-state index is 13.4. The Bertz CT molecular complexity index is 1320. The molecule has 0 aromatic heterocycles. The fourth-order valence-electron chi connectivity index (χ4n) is 5.98. The molecule has 9 heteroatoms. The standard InChI is InChI=1S/C26H22ClNO7/c1-11-8-19(30)23-17(24(11)33)10-16-13(21(23)14-3-2-12(29)9-18(14)27)4-5-15-22(16)26(35)28(25(15)34)7-6-20(31)32/h2-4,8-9,15-16,21-22,29H,5-7,10H2,1H3,(H,31,32). The highest BCUT2D eigenvalue weighted by molar-refractivity contribution is 6.32. The van der Waals surface area contributed by atoms with E-state index in [-0.39, 0.29) is 48.1 Å². The molecule has 0 radical (unpaired) electrons. The van der Waals surface area contributed by atoms with Crippen LogP contribution >= 0.6 is 11.6 Å². The summed E-state index contributed by atoms with van der Waals surface area (Å²) in [6.45, 7) is 1.36. The first-order chi connectivity index (χ1) is 16.6. The van der Waals surface area contributed by atoms with Gasteiger partial charge in [-0.2, -0.15) is 0 Å². The molecule has 1 fully saturated rings.